The maximum atomic E-state index is 12.5. The van der Waals surface area contributed by atoms with Crippen molar-refractivity contribution in [2.75, 3.05) is 13.1 Å². The molecule has 120 valence electrons. The minimum Gasteiger partial charge on any atom is -0.207 e. The van der Waals surface area contributed by atoms with Crippen LogP contribution in [0.25, 0.3) is 0 Å². The molecule has 0 heterocycles. The highest BCUT2D eigenvalue weighted by Gasteiger charge is 2.36. The summed E-state index contributed by atoms with van der Waals surface area (Å²) in [5, 5.41) is 0. The first kappa shape index (κ1) is 18.3. The van der Waals surface area contributed by atoms with Crippen molar-refractivity contribution >= 4 is 21.6 Å². The van der Waals surface area contributed by atoms with Gasteiger partial charge in [0.2, 0.25) is 10.0 Å². The zero-order valence-corrected chi connectivity index (χ0v) is 13.5. The highest BCUT2D eigenvalue weighted by atomic mass is 35.5. The van der Waals surface area contributed by atoms with Crippen LogP contribution in [0.5, 0.6) is 0 Å². The number of aryl methyl sites for hydroxylation is 2. The second-order valence-electron chi connectivity index (χ2n) is 4.72. The number of hydrogen-bond acceptors (Lipinski definition) is 2. The summed E-state index contributed by atoms with van der Waals surface area (Å²) in [5.74, 6) is 0.0973. The summed E-state index contributed by atoms with van der Waals surface area (Å²) in [7, 11) is -4.21. The summed E-state index contributed by atoms with van der Waals surface area (Å²) in [6.07, 6.45) is -4.59. The van der Waals surface area contributed by atoms with Crippen molar-refractivity contribution in [3.8, 4) is 0 Å². The second kappa shape index (κ2) is 6.54. The lowest BCUT2D eigenvalue weighted by atomic mass is 10.1. The van der Waals surface area contributed by atoms with Gasteiger partial charge in [0.25, 0.3) is 0 Å². The molecule has 8 heteroatoms. The average molecular weight is 344 g/mol. The summed E-state index contributed by atoms with van der Waals surface area (Å²) in [5.41, 5.74) is 1.80. The van der Waals surface area contributed by atoms with Crippen LogP contribution < -0.4 is 0 Å². The van der Waals surface area contributed by atoms with E-state index in [1.165, 1.54) is 13.0 Å². The quantitative estimate of drug-likeness (QED) is 0.766. The number of hydrogen-bond donors (Lipinski definition) is 0. The summed E-state index contributed by atoms with van der Waals surface area (Å²) in [6.45, 7) is 2.93. The summed E-state index contributed by atoms with van der Waals surface area (Å²) in [4.78, 5) is -0.130. The third-order valence-corrected chi connectivity index (χ3v) is 5.45. The fourth-order valence-corrected chi connectivity index (χ4v) is 3.98. The van der Waals surface area contributed by atoms with Gasteiger partial charge in [0.05, 0.1) is 4.90 Å². The van der Waals surface area contributed by atoms with Gasteiger partial charge in [-0.25, -0.2) is 8.42 Å². The Balaban J connectivity index is 3.35. The normalized spacial score (nSPS) is 13.0. The van der Waals surface area contributed by atoms with Gasteiger partial charge in [-0.3, -0.25) is 0 Å². The number of rotatable bonds is 5. The maximum Gasteiger partial charge on any atom is 0.402 e. The van der Waals surface area contributed by atoms with Crippen LogP contribution in [-0.2, 0) is 15.9 Å². The van der Waals surface area contributed by atoms with E-state index < -0.39 is 22.7 Å². The summed E-state index contributed by atoms with van der Waals surface area (Å²) in [6, 6.07) is 2.97. The Morgan fingerprint density at radius 3 is 2.19 bits per heavy atom. The van der Waals surface area contributed by atoms with Crippen LogP contribution in [0.15, 0.2) is 17.0 Å². The predicted octanol–water partition coefficient (Wildman–Crippen LogP) is 3.62. The number of alkyl halides is 4. The third-order valence-electron chi connectivity index (χ3n) is 3.10. The van der Waals surface area contributed by atoms with Crippen LogP contribution in [0.1, 0.15) is 23.6 Å². The largest absolute Gasteiger partial charge is 0.402 e. The van der Waals surface area contributed by atoms with Gasteiger partial charge in [0.15, 0.2) is 0 Å². The van der Waals surface area contributed by atoms with E-state index in [4.69, 9.17) is 11.6 Å². The molecule has 0 aliphatic heterocycles. The van der Waals surface area contributed by atoms with Gasteiger partial charge in [0.1, 0.15) is 6.54 Å². The first-order chi connectivity index (χ1) is 9.52. The number of nitrogens with zero attached hydrogens (tertiary/aromatic N) is 1. The van der Waals surface area contributed by atoms with Crippen LogP contribution in [-0.4, -0.2) is 32.0 Å². The van der Waals surface area contributed by atoms with Crippen LogP contribution in [0.4, 0.5) is 13.2 Å². The van der Waals surface area contributed by atoms with Crippen molar-refractivity contribution in [3.05, 3.63) is 28.8 Å². The first-order valence-electron chi connectivity index (χ1n) is 6.26. The van der Waals surface area contributed by atoms with Crippen molar-refractivity contribution in [3.63, 3.8) is 0 Å². The topological polar surface area (TPSA) is 37.4 Å². The molecule has 0 amide bonds. The molecule has 0 N–H and O–H groups in total. The van der Waals surface area contributed by atoms with Crippen LogP contribution in [0.3, 0.4) is 0 Å². The predicted molar refractivity (Wildman–Crippen MR) is 76.0 cm³/mol. The second-order valence-corrected chi connectivity index (χ2v) is 6.90. The molecule has 21 heavy (non-hydrogen) atoms. The SMILES string of the molecule is CCN(CC(F)(F)F)S(=O)(=O)c1cc(CCl)c(C)cc1C. The van der Waals surface area contributed by atoms with Gasteiger partial charge < -0.3 is 0 Å². The Bertz CT molecular complexity index is 615. The lowest BCUT2D eigenvalue weighted by Crippen LogP contribution is -2.39. The highest BCUT2D eigenvalue weighted by Crippen LogP contribution is 2.27. The number of benzene rings is 1. The molecule has 3 nitrogen and oxygen atoms in total. The van der Waals surface area contributed by atoms with Gasteiger partial charge in [0, 0.05) is 12.4 Å². The molecule has 0 saturated heterocycles. The van der Waals surface area contributed by atoms with E-state index in [1.807, 2.05) is 0 Å². The molecule has 0 fully saturated rings. The van der Waals surface area contributed by atoms with Gasteiger partial charge in [-0.05, 0) is 36.6 Å². The van der Waals surface area contributed by atoms with E-state index >= 15 is 0 Å². The molecule has 0 atom stereocenters. The van der Waals surface area contributed by atoms with Crippen molar-refractivity contribution in [1.82, 2.24) is 4.31 Å². The molecule has 0 saturated carbocycles. The Labute approximate surface area is 127 Å². The fraction of sp³-hybridized carbons (Fsp3) is 0.538. The Morgan fingerprint density at radius 2 is 1.76 bits per heavy atom. The van der Waals surface area contributed by atoms with E-state index in [9.17, 15) is 21.6 Å². The Morgan fingerprint density at radius 1 is 1.19 bits per heavy atom. The standard InChI is InChI=1S/C13H17ClF3NO2S/c1-4-18(8-13(15,16)17)21(19,20)12-6-11(7-14)9(2)5-10(12)3/h5-6H,4,7-8H2,1-3H3. The van der Waals surface area contributed by atoms with E-state index in [0.717, 1.165) is 5.56 Å². The first-order valence-corrected chi connectivity index (χ1v) is 8.23. The average Bonchev–Trinajstić information content (AvgIpc) is 2.34. The van der Waals surface area contributed by atoms with Crippen molar-refractivity contribution < 1.29 is 21.6 Å². The van der Waals surface area contributed by atoms with Crippen molar-refractivity contribution in [2.24, 2.45) is 0 Å². The summed E-state index contributed by atoms with van der Waals surface area (Å²) < 4.78 is 62.8. The monoisotopic (exact) mass is 343 g/mol. The molecule has 0 unspecified atom stereocenters. The Kier molecular flexibility index (Phi) is 5.69. The molecule has 0 aliphatic carbocycles. The molecule has 0 spiro atoms. The Hall–Kier alpha value is -0.790. The van der Waals surface area contributed by atoms with Gasteiger partial charge in [-0.2, -0.15) is 17.5 Å². The zero-order chi connectivity index (χ0) is 16.4. The molecule has 0 aliphatic rings. The molecule has 1 aromatic carbocycles. The molecule has 0 bridgehead atoms. The maximum absolute atomic E-state index is 12.5. The molecule has 0 aromatic heterocycles. The smallest absolute Gasteiger partial charge is 0.207 e. The molecule has 1 aromatic rings. The van der Waals surface area contributed by atoms with E-state index in [2.05, 4.69) is 0 Å². The lowest BCUT2D eigenvalue weighted by molar-refractivity contribution is -0.135. The van der Waals surface area contributed by atoms with Crippen LogP contribution in [0.2, 0.25) is 0 Å². The summed E-state index contributed by atoms with van der Waals surface area (Å²) >= 11 is 5.74. The highest BCUT2D eigenvalue weighted by molar-refractivity contribution is 7.89. The van der Waals surface area contributed by atoms with E-state index in [-0.39, 0.29) is 17.3 Å². The van der Waals surface area contributed by atoms with Gasteiger partial charge in [-0.1, -0.05) is 13.0 Å². The minimum absolute atomic E-state index is 0.0973. The molecule has 1 rings (SSSR count). The number of halogens is 4. The number of sulfonamides is 1. The van der Waals surface area contributed by atoms with Crippen LogP contribution in [0, 0.1) is 13.8 Å². The van der Waals surface area contributed by atoms with Gasteiger partial charge >= 0.3 is 6.18 Å². The third kappa shape index (κ3) is 4.34. The minimum atomic E-state index is -4.59. The lowest BCUT2D eigenvalue weighted by Gasteiger charge is -2.23. The van der Waals surface area contributed by atoms with E-state index in [0.29, 0.717) is 15.4 Å². The zero-order valence-electron chi connectivity index (χ0n) is 12.0. The van der Waals surface area contributed by atoms with Crippen molar-refractivity contribution in [1.29, 1.82) is 0 Å². The fourth-order valence-electron chi connectivity index (χ4n) is 2.00. The van der Waals surface area contributed by atoms with Crippen LogP contribution >= 0.6 is 11.6 Å². The molecular formula is C13H17ClF3NO2S. The molecule has 0 radical (unpaired) electrons. The van der Waals surface area contributed by atoms with Crippen molar-refractivity contribution in [2.45, 2.75) is 37.7 Å². The van der Waals surface area contributed by atoms with E-state index in [1.54, 1.807) is 19.9 Å². The molecular weight excluding hydrogens is 327 g/mol. The van der Waals surface area contributed by atoms with Gasteiger partial charge in [-0.15, -0.1) is 11.6 Å².